The Hall–Kier alpha value is -3.16. The second-order valence-corrected chi connectivity index (χ2v) is 6.21. The molecule has 3 heterocycles. The van der Waals surface area contributed by atoms with E-state index in [9.17, 15) is 9.59 Å². The zero-order valence-corrected chi connectivity index (χ0v) is 13.6. The van der Waals surface area contributed by atoms with Crippen molar-refractivity contribution in [2.24, 2.45) is 5.73 Å². The van der Waals surface area contributed by atoms with E-state index in [1.165, 1.54) is 6.20 Å². The van der Waals surface area contributed by atoms with Crippen molar-refractivity contribution in [3.63, 3.8) is 0 Å². The molecule has 8 nitrogen and oxygen atoms in total. The van der Waals surface area contributed by atoms with Crippen LogP contribution >= 0.6 is 0 Å². The van der Waals surface area contributed by atoms with Crippen molar-refractivity contribution < 1.29 is 9.59 Å². The molecule has 0 bridgehead atoms. The summed E-state index contributed by atoms with van der Waals surface area (Å²) in [6.07, 6.45) is 3.96. The molecule has 0 spiro atoms. The van der Waals surface area contributed by atoms with Crippen molar-refractivity contribution in [2.45, 2.75) is 19.3 Å². The lowest BCUT2D eigenvalue weighted by atomic mass is 10.1. The van der Waals surface area contributed by atoms with Crippen LogP contribution in [0.15, 0.2) is 24.4 Å². The summed E-state index contributed by atoms with van der Waals surface area (Å²) >= 11 is 0. The number of carbonyl (C=O) groups is 2. The number of carbonyl (C=O) groups excluding carboxylic acids is 2. The van der Waals surface area contributed by atoms with Crippen molar-refractivity contribution >= 4 is 35.0 Å². The molecule has 0 radical (unpaired) electrons. The zero-order chi connectivity index (χ0) is 17.4. The molecule has 25 heavy (non-hydrogen) atoms. The van der Waals surface area contributed by atoms with Gasteiger partial charge in [-0.3, -0.25) is 9.59 Å². The van der Waals surface area contributed by atoms with Crippen molar-refractivity contribution in [3.05, 3.63) is 35.5 Å². The molecule has 2 amide bonds. The van der Waals surface area contributed by atoms with E-state index in [4.69, 9.17) is 5.73 Å². The molecular weight excluding hydrogens is 320 g/mol. The number of amides is 2. The van der Waals surface area contributed by atoms with Crippen LogP contribution in [-0.4, -0.2) is 34.9 Å². The molecule has 0 aliphatic carbocycles. The van der Waals surface area contributed by atoms with Gasteiger partial charge in [0.25, 0.3) is 5.91 Å². The normalized spacial score (nSPS) is 15.8. The molecule has 0 unspecified atom stereocenters. The maximum absolute atomic E-state index is 11.7. The van der Waals surface area contributed by atoms with Crippen LogP contribution in [0.1, 0.15) is 28.8 Å². The lowest BCUT2D eigenvalue weighted by Crippen LogP contribution is -2.25. The van der Waals surface area contributed by atoms with Gasteiger partial charge < -0.3 is 21.3 Å². The molecule has 8 heteroatoms. The van der Waals surface area contributed by atoms with E-state index in [-0.39, 0.29) is 5.91 Å². The van der Waals surface area contributed by atoms with Gasteiger partial charge in [-0.05, 0) is 36.6 Å². The van der Waals surface area contributed by atoms with Gasteiger partial charge >= 0.3 is 0 Å². The first-order chi connectivity index (χ1) is 12.1. The number of primary amides is 1. The molecule has 128 valence electrons. The van der Waals surface area contributed by atoms with Crippen LogP contribution in [0.5, 0.6) is 0 Å². The predicted molar refractivity (Wildman–Crippen MR) is 94.1 cm³/mol. The largest absolute Gasteiger partial charge is 0.365 e. The molecule has 4 rings (SSSR count). The van der Waals surface area contributed by atoms with Gasteiger partial charge in [0.2, 0.25) is 11.9 Å². The summed E-state index contributed by atoms with van der Waals surface area (Å²) in [4.78, 5) is 33.9. The van der Waals surface area contributed by atoms with Gasteiger partial charge in [-0.15, -0.1) is 0 Å². The van der Waals surface area contributed by atoms with Crippen LogP contribution in [-0.2, 0) is 11.2 Å². The van der Waals surface area contributed by atoms with Crippen LogP contribution in [0.4, 0.5) is 23.1 Å². The minimum atomic E-state index is -0.532. The average molecular weight is 338 g/mol. The van der Waals surface area contributed by atoms with Crippen LogP contribution in [0.25, 0.3) is 0 Å². The number of nitrogens with two attached hydrogens (primary N) is 1. The highest BCUT2D eigenvalue weighted by Gasteiger charge is 2.22. The highest BCUT2D eigenvalue weighted by atomic mass is 16.2. The summed E-state index contributed by atoms with van der Waals surface area (Å²) in [5.41, 5.74) is 8.34. The van der Waals surface area contributed by atoms with E-state index in [0.717, 1.165) is 42.9 Å². The minimum absolute atomic E-state index is 0.00877. The molecule has 0 saturated carbocycles. The van der Waals surface area contributed by atoms with Gasteiger partial charge in [0, 0.05) is 30.7 Å². The number of fused-ring (bicyclic) bond motifs is 1. The van der Waals surface area contributed by atoms with Crippen molar-refractivity contribution in [3.8, 4) is 0 Å². The van der Waals surface area contributed by atoms with E-state index in [1.54, 1.807) is 0 Å². The predicted octanol–water partition coefficient (Wildman–Crippen LogP) is 1.41. The highest BCUT2D eigenvalue weighted by molar-refractivity contribution is 5.99. The van der Waals surface area contributed by atoms with E-state index in [0.29, 0.717) is 23.8 Å². The van der Waals surface area contributed by atoms with Crippen LogP contribution < -0.4 is 21.3 Å². The van der Waals surface area contributed by atoms with Crippen LogP contribution in [0, 0.1) is 0 Å². The number of hydrogen-bond acceptors (Lipinski definition) is 6. The zero-order valence-electron chi connectivity index (χ0n) is 13.6. The third-order valence-corrected chi connectivity index (χ3v) is 4.43. The summed E-state index contributed by atoms with van der Waals surface area (Å²) in [5.74, 6) is 0.422. The molecule has 2 aliphatic rings. The fraction of sp³-hybridized carbons (Fsp3) is 0.294. The van der Waals surface area contributed by atoms with E-state index < -0.39 is 5.91 Å². The van der Waals surface area contributed by atoms with Crippen molar-refractivity contribution in [1.82, 2.24) is 9.97 Å². The lowest BCUT2D eigenvalue weighted by Gasteiger charge is -2.19. The first-order valence-corrected chi connectivity index (χ1v) is 8.22. The van der Waals surface area contributed by atoms with E-state index in [1.807, 2.05) is 18.2 Å². The minimum Gasteiger partial charge on any atom is -0.365 e. The number of aromatic nitrogens is 2. The van der Waals surface area contributed by atoms with Crippen molar-refractivity contribution in [1.29, 1.82) is 0 Å². The number of anilines is 4. The van der Waals surface area contributed by atoms with Crippen LogP contribution in [0.3, 0.4) is 0 Å². The molecule has 1 saturated heterocycles. The summed E-state index contributed by atoms with van der Waals surface area (Å²) in [7, 11) is 0. The summed E-state index contributed by atoms with van der Waals surface area (Å²) < 4.78 is 0. The van der Waals surface area contributed by atoms with Gasteiger partial charge in [0.15, 0.2) is 0 Å². The number of hydrogen-bond donors (Lipinski definition) is 3. The molecule has 2 aliphatic heterocycles. The highest BCUT2D eigenvalue weighted by Crippen LogP contribution is 2.28. The van der Waals surface area contributed by atoms with E-state index in [2.05, 4.69) is 25.5 Å². The molecule has 1 fully saturated rings. The Labute approximate surface area is 144 Å². The van der Waals surface area contributed by atoms with Gasteiger partial charge in [-0.1, -0.05) is 0 Å². The maximum atomic E-state index is 11.7. The molecule has 1 aromatic carbocycles. The fourth-order valence-electron chi connectivity index (χ4n) is 3.21. The van der Waals surface area contributed by atoms with Gasteiger partial charge in [-0.25, -0.2) is 4.98 Å². The quantitative estimate of drug-likeness (QED) is 0.777. The summed E-state index contributed by atoms with van der Waals surface area (Å²) in [6.45, 7) is 1.70. The Morgan fingerprint density at radius 2 is 2.08 bits per heavy atom. The van der Waals surface area contributed by atoms with Gasteiger partial charge in [0.1, 0.15) is 11.4 Å². The fourth-order valence-corrected chi connectivity index (χ4v) is 3.21. The number of nitrogens with zero attached hydrogens (tertiary/aromatic N) is 3. The number of nitrogens with one attached hydrogen (secondary N) is 2. The van der Waals surface area contributed by atoms with Crippen molar-refractivity contribution in [2.75, 3.05) is 28.6 Å². The van der Waals surface area contributed by atoms with E-state index >= 15 is 0 Å². The smallest absolute Gasteiger partial charge is 0.254 e. The first-order valence-electron chi connectivity index (χ1n) is 8.22. The Kier molecular flexibility index (Phi) is 3.72. The Balaban J connectivity index is 1.62. The Morgan fingerprint density at radius 1 is 1.28 bits per heavy atom. The first kappa shape index (κ1) is 15.4. The molecular formula is C17H18N6O2. The monoisotopic (exact) mass is 338 g/mol. The third-order valence-electron chi connectivity index (χ3n) is 4.43. The molecule has 0 atom stereocenters. The molecule has 1 aromatic heterocycles. The summed E-state index contributed by atoms with van der Waals surface area (Å²) in [6, 6.07) is 5.60. The van der Waals surface area contributed by atoms with Gasteiger partial charge in [-0.2, -0.15) is 4.98 Å². The standard InChI is InChI=1S/C17H18N6O2/c18-15(25)12-9-19-17(22-16(12)23-5-1-2-6-23)20-11-3-4-13-10(7-11)8-14(24)21-13/h3-4,7,9H,1-2,5-6,8H2,(H2,18,25)(H,21,24)(H,19,20,22). The van der Waals surface area contributed by atoms with Crippen LogP contribution in [0.2, 0.25) is 0 Å². The third kappa shape index (κ3) is 2.98. The summed E-state index contributed by atoms with van der Waals surface area (Å²) in [5, 5.41) is 5.94. The number of rotatable bonds is 4. The maximum Gasteiger partial charge on any atom is 0.254 e. The second-order valence-electron chi connectivity index (χ2n) is 6.21. The average Bonchev–Trinajstić information content (AvgIpc) is 3.22. The lowest BCUT2D eigenvalue weighted by molar-refractivity contribution is -0.115. The molecule has 2 aromatic rings. The Morgan fingerprint density at radius 3 is 2.84 bits per heavy atom. The topological polar surface area (TPSA) is 113 Å². The second kappa shape index (κ2) is 6.04. The SMILES string of the molecule is NC(=O)c1cnc(Nc2ccc3c(c2)CC(=O)N3)nc1N1CCCC1. The van der Waals surface area contributed by atoms with Gasteiger partial charge in [0.05, 0.1) is 6.42 Å². The number of benzene rings is 1. The molecule has 4 N–H and O–H groups in total. The Bertz CT molecular complexity index is 860.